The molecule has 1 heterocycles. The fraction of sp³-hybridized carbons (Fsp3) is 0.375. The molecule has 0 aliphatic rings. The summed E-state index contributed by atoms with van der Waals surface area (Å²) in [7, 11) is 0. The number of carbonyl (C=O) groups is 2. The van der Waals surface area contributed by atoms with Gasteiger partial charge in [0.2, 0.25) is 5.78 Å². The zero-order valence-corrected chi connectivity index (χ0v) is 14.1. The molecule has 0 fully saturated rings. The van der Waals surface area contributed by atoms with Gasteiger partial charge in [-0.25, -0.2) is 9.67 Å². The van der Waals surface area contributed by atoms with Crippen molar-refractivity contribution in [2.45, 2.75) is 32.9 Å². The average molecular weight is 352 g/mol. The molecule has 8 heteroatoms. The number of carbonyl (C=O) groups excluding carboxylic acids is 1. The minimum Gasteiger partial charge on any atom is -0.480 e. The molecule has 1 unspecified atom stereocenters. The predicted molar refractivity (Wildman–Crippen MR) is 86.8 cm³/mol. The van der Waals surface area contributed by atoms with Crippen molar-refractivity contribution in [1.29, 1.82) is 0 Å². The fourth-order valence-corrected chi connectivity index (χ4v) is 2.58. The number of halogens is 1. The number of rotatable bonds is 8. The van der Waals surface area contributed by atoms with Crippen LogP contribution in [0.3, 0.4) is 0 Å². The summed E-state index contributed by atoms with van der Waals surface area (Å²) in [6.07, 6.45) is 1.63. The highest BCUT2D eigenvalue weighted by Gasteiger charge is 2.47. The van der Waals surface area contributed by atoms with Crippen LogP contribution in [0.15, 0.2) is 36.9 Å². The molecule has 0 amide bonds. The van der Waals surface area contributed by atoms with Crippen LogP contribution in [-0.2, 0) is 9.59 Å². The molecule has 0 radical (unpaired) electrons. The lowest BCUT2D eigenvalue weighted by Crippen LogP contribution is -2.44. The summed E-state index contributed by atoms with van der Waals surface area (Å²) < 4.78 is 6.93. The number of aromatic nitrogens is 3. The summed E-state index contributed by atoms with van der Waals surface area (Å²) in [5.41, 5.74) is -1.55. The molecular formula is C16H18ClN3O4. The Labute approximate surface area is 144 Å². The predicted octanol–water partition coefficient (Wildman–Crippen LogP) is 2.97. The number of benzene rings is 1. The maximum absolute atomic E-state index is 13.0. The van der Waals surface area contributed by atoms with Crippen molar-refractivity contribution in [3.8, 4) is 5.75 Å². The molecule has 0 bridgehead atoms. The first-order valence-electron chi connectivity index (χ1n) is 7.48. The molecule has 0 spiro atoms. The van der Waals surface area contributed by atoms with E-state index in [0.717, 1.165) is 0 Å². The molecule has 1 aromatic carbocycles. The molecule has 0 aliphatic carbocycles. The Morgan fingerprint density at radius 2 is 1.92 bits per heavy atom. The van der Waals surface area contributed by atoms with Crippen molar-refractivity contribution in [1.82, 2.24) is 14.8 Å². The second-order valence-electron chi connectivity index (χ2n) is 5.26. The maximum Gasteiger partial charge on any atom is 0.317 e. The second-order valence-corrected chi connectivity index (χ2v) is 5.69. The van der Waals surface area contributed by atoms with Crippen LogP contribution in [0.25, 0.3) is 0 Å². The van der Waals surface area contributed by atoms with Gasteiger partial charge in [0.1, 0.15) is 23.8 Å². The Bertz CT molecular complexity index is 697. The minimum atomic E-state index is -1.55. The van der Waals surface area contributed by atoms with E-state index in [1.54, 1.807) is 38.1 Å². The Balaban J connectivity index is 2.41. The maximum atomic E-state index is 13.0. The highest BCUT2D eigenvalue weighted by Crippen LogP contribution is 2.34. The van der Waals surface area contributed by atoms with E-state index in [9.17, 15) is 14.7 Å². The van der Waals surface area contributed by atoms with Gasteiger partial charge in [-0.15, -0.1) is 0 Å². The van der Waals surface area contributed by atoms with Crippen LogP contribution in [0, 0.1) is 5.41 Å². The van der Waals surface area contributed by atoms with Gasteiger partial charge in [-0.1, -0.05) is 25.4 Å². The largest absolute Gasteiger partial charge is 0.480 e. The van der Waals surface area contributed by atoms with Crippen LogP contribution in [0.5, 0.6) is 5.75 Å². The zero-order valence-electron chi connectivity index (χ0n) is 13.3. The van der Waals surface area contributed by atoms with Crippen molar-refractivity contribution < 1.29 is 19.4 Å². The van der Waals surface area contributed by atoms with E-state index < -0.39 is 23.4 Å². The van der Waals surface area contributed by atoms with Crippen molar-refractivity contribution in [2.24, 2.45) is 5.41 Å². The van der Waals surface area contributed by atoms with Gasteiger partial charge in [0.15, 0.2) is 0 Å². The smallest absolute Gasteiger partial charge is 0.317 e. The van der Waals surface area contributed by atoms with Crippen LogP contribution in [-0.4, -0.2) is 31.6 Å². The van der Waals surface area contributed by atoms with Crippen LogP contribution in [0.2, 0.25) is 5.02 Å². The number of ketones is 1. The quantitative estimate of drug-likeness (QED) is 0.735. The molecule has 7 nitrogen and oxygen atoms in total. The summed E-state index contributed by atoms with van der Waals surface area (Å²) in [5, 5.41) is 14.1. The molecule has 1 aromatic heterocycles. The van der Waals surface area contributed by atoms with Gasteiger partial charge in [0.25, 0.3) is 6.23 Å². The average Bonchev–Trinajstić information content (AvgIpc) is 3.09. The Kier molecular flexibility index (Phi) is 5.56. The van der Waals surface area contributed by atoms with Gasteiger partial charge >= 0.3 is 5.97 Å². The molecule has 1 N–H and O–H groups in total. The van der Waals surface area contributed by atoms with Crippen molar-refractivity contribution in [3.05, 3.63) is 41.9 Å². The van der Waals surface area contributed by atoms with Crippen LogP contribution in [0.1, 0.15) is 32.9 Å². The number of carboxylic acid groups (broad SMARTS) is 1. The lowest BCUT2D eigenvalue weighted by atomic mass is 9.77. The Hall–Kier alpha value is -2.41. The number of carboxylic acids is 1. The molecule has 0 saturated carbocycles. The van der Waals surface area contributed by atoms with Crippen molar-refractivity contribution in [2.75, 3.05) is 0 Å². The third-order valence-electron chi connectivity index (χ3n) is 4.05. The topological polar surface area (TPSA) is 94.3 Å². The van der Waals surface area contributed by atoms with E-state index in [1.807, 2.05) is 0 Å². The first kappa shape index (κ1) is 17.9. The minimum absolute atomic E-state index is 0.146. The fourth-order valence-electron chi connectivity index (χ4n) is 2.45. The van der Waals surface area contributed by atoms with Gasteiger partial charge in [-0.3, -0.25) is 9.59 Å². The monoisotopic (exact) mass is 351 g/mol. The first-order chi connectivity index (χ1) is 11.4. The van der Waals surface area contributed by atoms with E-state index in [-0.39, 0.29) is 12.8 Å². The standard InChI is InChI=1S/C16H18ClN3O4/c1-3-16(4-2,15(22)23)13(21)14(20-10-18-9-19-20)24-12-7-5-11(17)6-8-12/h5-10,14H,3-4H2,1-2H3,(H,22,23). The first-order valence-corrected chi connectivity index (χ1v) is 7.86. The number of ether oxygens (including phenoxy) is 1. The SMILES string of the molecule is CCC(CC)(C(=O)O)C(=O)C(Oc1ccc(Cl)cc1)n1cncn1. The molecule has 0 aliphatic heterocycles. The van der Waals surface area contributed by atoms with E-state index in [4.69, 9.17) is 16.3 Å². The molecule has 2 aromatic rings. The van der Waals surface area contributed by atoms with E-state index in [1.165, 1.54) is 17.3 Å². The van der Waals surface area contributed by atoms with Gasteiger partial charge in [-0.2, -0.15) is 5.10 Å². The second kappa shape index (κ2) is 7.44. The third kappa shape index (κ3) is 3.41. The summed E-state index contributed by atoms with van der Waals surface area (Å²) in [6.45, 7) is 3.33. The van der Waals surface area contributed by atoms with Gasteiger partial charge in [-0.05, 0) is 37.1 Å². The van der Waals surface area contributed by atoms with Crippen LogP contribution >= 0.6 is 11.6 Å². The Morgan fingerprint density at radius 1 is 1.29 bits per heavy atom. The van der Waals surface area contributed by atoms with Crippen molar-refractivity contribution >= 4 is 23.4 Å². The Morgan fingerprint density at radius 3 is 2.38 bits per heavy atom. The van der Waals surface area contributed by atoms with E-state index in [2.05, 4.69) is 10.1 Å². The number of Topliss-reactive ketones (excluding diaryl/α,β-unsaturated/α-hetero) is 1. The lowest BCUT2D eigenvalue weighted by molar-refractivity contribution is -0.160. The highest BCUT2D eigenvalue weighted by molar-refractivity contribution is 6.30. The zero-order chi connectivity index (χ0) is 17.7. The molecular weight excluding hydrogens is 334 g/mol. The van der Waals surface area contributed by atoms with Crippen LogP contribution < -0.4 is 4.74 Å². The van der Waals surface area contributed by atoms with E-state index in [0.29, 0.717) is 10.8 Å². The highest BCUT2D eigenvalue weighted by atomic mass is 35.5. The van der Waals surface area contributed by atoms with Gasteiger partial charge < -0.3 is 9.84 Å². The number of hydrogen-bond acceptors (Lipinski definition) is 5. The number of aliphatic carboxylic acids is 1. The molecule has 0 saturated heterocycles. The molecule has 1 atom stereocenters. The number of hydrogen-bond donors (Lipinski definition) is 1. The summed E-state index contributed by atoms with van der Waals surface area (Å²) in [6, 6.07) is 6.42. The lowest BCUT2D eigenvalue weighted by Gasteiger charge is -2.29. The van der Waals surface area contributed by atoms with Gasteiger partial charge in [0.05, 0.1) is 0 Å². The molecule has 128 valence electrons. The summed E-state index contributed by atoms with van der Waals surface area (Å²) >= 11 is 5.84. The van der Waals surface area contributed by atoms with Crippen molar-refractivity contribution in [3.63, 3.8) is 0 Å². The normalized spacial score (nSPS) is 12.6. The molecule has 2 rings (SSSR count). The van der Waals surface area contributed by atoms with E-state index >= 15 is 0 Å². The third-order valence-corrected chi connectivity index (χ3v) is 4.30. The molecule has 24 heavy (non-hydrogen) atoms. The van der Waals surface area contributed by atoms with Gasteiger partial charge in [0, 0.05) is 5.02 Å². The number of nitrogens with zero attached hydrogens (tertiary/aromatic N) is 3. The summed E-state index contributed by atoms with van der Waals surface area (Å²) in [5.74, 6) is -1.39. The van der Waals surface area contributed by atoms with Crippen LogP contribution in [0.4, 0.5) is 0 Å². The summed E-state index contributed by atoms with van der Waals surface area (Å²) in [4.78, 5) is 28.6.